The lowest BCUT2D eigenvalue weighted by atomic mass is 10.1. The largest absolute Gasteiger partial charge is 0.487 e. The molecule has 0 fully saturated rings. The number of rotatable bonds is 11. The molecule has 2 N–H and O–H groups in total. The van der Waals surface area contributed by atoms with Gasteiger partial charge in [0.15, 0.2) is 11.5 Å². The minimum Gasteiger partial charge on any atom is -0.487 e. The maximum atomic E-state index is 13.2. The van der Waals surface area contributed by atoms with E-state index in [9.17, 15) is 14.3 Å². The van der Waals surface area contributed by atoms with E-state index in [1.54, 1.807) is 30.3 Å². The second-order valence-corrected chi connectivity index (χ2v) is 6.79. The Balaban J connectivity index is 1.80. The summed E-state index contributed by atoms with van der Waals surface area (Å²) >= 11 is 0. The van der Waals surface area contributed by atoms with Crippen LogP contribution in [-0.4, -0.2) is 41.7 Å². The fourth-order valence-electron chi connectivity index (χ4n) is 2.81. The number of carbonyl (C=O) groups is 1. The van der Waals surface area contributed by atoms with E-state index in [0.717, 1.165) is 6.42 Å². The van der Waals surface area contributed by atoms with Gasteiger partial charge < -0.3 is 24.5 Å². The molecule has 0 bridgehead atoms. The number of nitrogens with zero attached hydrogens (tertiary/aromatic N) is 2. The topological polar surface area (TPSA) is 106 Å². The standard InChI is InChI=1S/C23H24FN3O5/c1-3-11-31-26-21(22-13-20(27-32-22)15-5-7-16(24)8-6-15)14-30-17-9-10-19(25-4-2)18(12-17)23(28)29/h5-10,12-13,25H,3-4,11,14H2,1-2H3,(H,28,29). The van der Waals surface area contributed by atoms with Crippen molar-refractivity contribution in [2.24, 2.45) is 5.16 Å². The van der Waals surface area contributed by atoms with Gasteiger partial charge in [0.25, 0.3) is 0 Å². The summed E-state index contributed by atoms with van der Waals surface area (Å²) in [4.78, 5) is 16.9. The minimum atomic E-state index is -1.06. The number of hydrogen-bond acceptors (Lipinski definition) is 7. The first kappa shape index (κ1) is 22.8. The van der Waals surface area contributed by atoms with Gasteiger partial charge in [-0.3, -0.25) is 0 Å². The van der Waals surface area contributed by atoms with Gasteiger partial charge in [-0.2, -0.15) is 0 Å². The molecule has 9 heteroatoms. The Kier molecular flexibility index (Phi) is 7.80. The van der Waals surface area contributed by atoms with E-state index in [-0.39, 0.29) is 18.0 Å². The van der Waals surface area contributed by atoms with Crippen molar-refractivity contribution >= 4 is 17.4 Å². The molecule has 3 rings (SSSR count). The zero-order valence-corrected chi connectivity index (χ0v) is 17.8. The van der Waals surface area contributed by atoms with Crippen LogP contribution >= 0.6 is 0 Å². The van der Waals surface area contributed by atoms with Crippen molar-refractivity contribution in [2.75, 3.05) is 25.1 Å². The summed E-state index contributed by atoms with van der Waals surface area (Å²) in [6, 6.07) is 12.3. The van der Waals surface area contributed by atoms with Gasteiger partial charge in [-0.15, -0.1) is 0 Å². The van der Waals surface area contributed by atoms with Gasteiger partial charge in [0, 0.05) is 23.9 Å². The van der Waals surface area contributed by atoms with E-state index in [0.29, 0.717) is 47.3 Å². The maximum Gasteiger partial charge on any atom is 0.337 e. The van der Waals surface area contributed by atoms with Crippen LogP contribution in [0.3, 0.4) is 0 Å². The highest BCUT2D eigenvalue weighted by atomic mass is 19.1. The van der Waals surface area contributed by atoms with E-state index in [1.165, 1.54) is 18.2 Å². The molecule has 1 heterocycles. The molecule has 0 saturated carbocycles. The third kappa shape index (κ3) is 5.84. The Morgan fingerprint density at radius 2 is 1.97 bits per heavy atom. The van der Waals surface area contributed by atoms with Gasteiger partial charge in [-0.1, -0.05) is 17.2 Å². The molecule has 3 aromatic rings. The molecule has 8 nitrogen and oxygen atoms in total. The smallest absolute Gasteiger partial charge is 0.337 e. The average Bonchev–Trinajstić information content (AvgIpc) is 3.27. The quantitative estimate of drug-likeness (QED) is 0.250. The van der Waals surface area contributed by atoms with Crippen LogP contribution in [0, 0.1) is 5.82 Å². The van der Waals surface area contributed by atoms with E-state index in [1.807, 2.05) is 13.8 Å². The van der Waals surface area contributed by atoms with E-state index in [4.69, 9.17) is 14.1 Å². The van der Waals surface area contributed by atoms with Crippen LogP contribution in [-0.2, 0) is 4.84 Å². The summed E-state index contributed by atoms with van der Waals surface area (Å²) < 4.78 is 24.4. The van der Waals surface area contributed by atoms with Gasteiger partial charge in [-0.25, -0.2) is 9.18 Å². The molecule has 0 aliphatic carbocycles. The zero-order chi connectivity index (χ0) is 22.9. The number of aromatic carboxylic acids is 1. The normalized spacial score (nSPS) is 11.3. The number of oxime groups is 1. The van der Waals surface area contributed by atoms with Crippen LogP contribution in [0.2, 0.25) is 0 Å². The number of carboxylic acids is 1. The van der Waals surface area contributed by atoms with Crippen LogP contribution < -0.4 is 10.1 Å². The Morgan fingerprint density at radius 1 is 1.19 bits per heavy atom. The molecule has 0 radical (unpaired) electrons. The van der Waals surface area contributed by atoms with Crippen molar-refractivity contribution < 1.29 is 28.4 Å². The summed E-state index contributed by atoms with van der Waals surface area (Å²) in [5, 5.41) is 20.6. The average molecular weight is 441 g/mol. The predicted molar refractivity (Wildman–Crippen MR) is 118 cm³/mol. The van der Waals surface area contributed by atoms with E-state index in [2.05, 4.69) is 15.6 Å². The Hall–Kier alpha value is -3.88. The fourth-order valence-corrected chi connectivity index (χ4v) is 2.81. The lowest BCUT2D eigenvalue weighted by Gasteiger charge is -2.11. The number of nitrogens with one attached hydrogen (secondary N) is 1. The van der Waals surface area contributed by atoms with Gasteiger partial charge in [-0.05, 0) is 55.8 Å². The number of carboxylic acid groups (broad SMARTS) is 1. The summed E-state index contributed by atoms with van der Waals surface area (Å²) in [5.74, 6) is -0.735. The van der Waals surface area contributed by atoms with Crippen molar-refractivity contribution in [2.45, 2.75) is 20.3 Å². The van der Waals surface area contributed by atoms with Gasteiger partial charge in [0.05, 0.1) is 5.56 Å². The number of ether oxygens (including phenoxy) is 1. The third-order valence-corrected chi connectivity index (χ3v) is 4.37. The SMILES string of the molecule is CCCON=C(COc1ccc(NCC)c(C(=O)O)c1)c1cc(-c2ccc(F)cc2)no1. The van der Waals surface area contributed by atoms with Crippen molar-refractivity contribution in [3.63, 3.8) is 0 Å². The molecule has 0 unspecified atom stereocenters. The molecule has 0 aliphatic rings. The Morgan fingerprint density at radius 3 is 2.66 bits per heavy atom. The molecular formula is C23H24FN3O5. The second-order valence-electron chi connectivity index (χ2n) is 6.79. The predicted octanol–water partition coefficient (Wildman–Crippen LogP) is 4.82. The highest BCUT2D eigenvalue weighted by Crippen LogP contribution is 2.24. The maximum absolute atomic E-state index is 13.2. The molecule has 0 saturated heterocycles. The first-order valence-electron chi connectivity index (χ1n) is 10.2. The lowest BCUT2D eigenvalue weighted by Crippen LogP contribution is -2.14. The minimum absolute atomic E-state index is 0.0403. The number of anilines is 1. The number of halogens is 1. The first-order chi connectivity index (χ1) is 15.5. The molecule has 32 heavy (non-hydrogen) atoms. The zero-order valence-electron chi connectivity index (χ0n) is 17.8. The monoisotopic (exact) mass is 441 g/mol. The Bertz CT molecular complexity index is 1080. The highest BCUT2D eigenvalue weighted by molar-refractivity contribution is 6.00. The van der Waals surface area contributed by atoms with E-state index >= 15 is 0 Å². The molecule has 1 aromatic heterocycles. The Labute approximate surface area is 184 Å². The van der Waals surface area contributed by atoms with Crippen molar-refractivity contribution in [1.29, 1.82) is 0 Å². The molecule has 0 atom stereocenters. The molecule has 0 spiro atoms. The van der Waals surface area contributed by atoms with Crippen molar-refractivity contribution in [3.8, 4) is 17.0 Å². The van der Waals surface area contributed by atoms with Crippen LogP contribution in [0.15, 0.2) is 58.2 Å². The molecule has 0 aliphatic heterocycles. The molecular weight excluding hydrogens is 417 g/mol. The van der Waals surface area contributed by atoms with Gasteiger partial charge >= 0.3 is 5.97 Å². The second kappa shape index (κ2) is 10.9. The number of hydrogen-bond donors (Lipinski definition) is 2. The number of benzene rings is 2. The molecule has 0 amide bonds. The highest BCUT2D eigenvalue weighted by Gasteiger charge is 2.16. The van der Waals surface area contributed by atoms with Crippen LogP contribution in [0.25, 0.3) is 11.3 Å². The fraction of sp³-hybridized carbons (Fsp3) is 0.261. The van der Waals surface area contributed by atoms with Crippen LogP contribution in [0.4, 0.5) is 10.1 Å². The van der Waals surface area contributed by atoms with Crippen molar-refractivity contribution in [3.05, 3.63) is 65.7 Å². The molecule has 2 aromatic carbocycles. The van der Waals surface area contributed by atoms with E-state index < -0.39 is 5.97 Å². The first-order valence-corrected chi connectivity index (χ1v) is 10.2. The lowest BCUT2D eigenvalue weighted by molar-refractivity contribution is 0.0697. The van der Waals surface area contributed by atoms with Crippen molar-refractivity contribution in [1.82, 2.24) is 5.16 Å². The number of aromatic nitrogens is 1. The summed E-state index contributed by atoms with van der Waals surface area (Å²) in [6.07, 6.45) is 0.767. The van der Waals surface area contributed by atoms with Crippen LogP contribution in [0.1, 0.15) is 36.4 Å². The third-order valence-electron chi connectivity index (χ3n) is 4.37. The van der Waals surface area contributed by atoms with Gasteiger partial charge in [0.1, 0.15) is 30.5 Å². The summed E-state index contributed by atoms with van der Waals surface area (Å²) in [5.41, 5.74) is 2.13. The van der Waals surface area contributed by atoms with Gasteiger partial charge in [0.2, 0.25) is 0 Å². The summed E-state index contributed by atoms with van der Waals surface area (Å²) in [7, 11) is 0. The van der Waals surface area contributed by atoms with Crippen LogP contribution in [0.5, 0.6) is 5.75 Å². The summed E-state index contributed by atoms with van der Waals surface area (Å²) in [6.45, 7) is 4.79. The molecule has 168 valence electrons.